The first-order valence-corrected chi connectivity index (χ1v) is 9.85. The maximum atomic E-state index is 13.0. The fourth-order valence-electron chi connectivity index (χ4n) is 3.64. The van der Waals surface area contributed by atoms with Gasteiger partial charge in [0.2, 0.25) is 0 Å². The molecule has 0 aliphatic heterocycles. The maximum absolute atomic E-state index is 13.0. The summed E-state index contributed by atoms with van der Waals surface area (Å²) in [5, 5.41) is 0. The summed E-state index contributed by atoms with van der Waals surface area (Å²) in [6.45, 7) is 6.50. The number of rotatable bonds is 3. The quantitative estimate of drug-likeness (QED) is 0.450. The fourth-order valence-corrected chi connectivity index (χ4v) is 3.64. The maximum Gasteiger partial charge on any atom is 0.339 e. The molecular formula is C26H22O4. The molecule has 0 N–H and O–H groups in total. The Morgan fingerprint density at radius 3 is 2.00 bits per heavy atom. The zero-order chi connectivity index (χ0) is 21.5. The summed E-state index contributed by atoms with van der Waals surface area (Å²) in [6.07, 6.45) is 0. The lowest BCUT2D eigenvalue weighted by atomic mass is 9.82. The third kappa shape index (κ3) is 3.45. The van der Waals surface area contributed by atoms with Gasteiger partial charge in [-0.2, -0.15) is 0 Å². The first kappa shape index (κ1) is 19.8. The van der Waals surface area contributed by atoms with Crippen LogP contribution in [0.25, 0.3) is 0 Å². The summed E-state index contributed by atoms with van der Waals surface area (Å²) in [6, 6.07) is 19.3. The average Bonchev–Trinajstić information content (AvgIpc) is 2.75. The topological polar surface area (TPSA) is 60.4 Å². The molecular weight excluding hydrogens is 376 g/mol. The lowest BCUT2D eigenvalue weighted by molar-refractivity contribution is 0.0470. The molecule has 0 saturated heterocycles. The minimum absolute atomic E-state index is 0.0432. The van der Waals surface area contributed by atoms with Gasteiger partial charge in [0.05, 0.1) is 5.56 Å². The fraction of sp³-hybridized carbons (Fsp3) is 0.192. The van der Waals surface area contributed by atoms with Gasteiger partial charge < -0.3 is 4.74 Å². The second-order valence-corrected chi connectivity index (χ2v) is 8.46. The molecule has 3 aromatic carbocycles. The SMILES string of the molecule is CC(C)(C)c1ccc(COC(=O)c2cccc3c2C(=O)c2ccccc2C3=O)cc1. The predicted molar refractivity (Wildman–Crippen MR) is 114 cm³/mol. The van der Waals surface area contributed by atoms with Crippen LogP contribution in [-0.2, 0) is 16.8 Å². The van der Waals surface area contributed by atoms with Crippen LogP contribution in [0.5, 0.6) is 0 Å². The lowest BCUT2D eigenvalue weighted by Crippen LogP contribution is -2.24. The van der Waals surface area contributed by atoms with E-state index in [0.717, 1.165) is 5.56 Å². The molecule has 30 heavy (non-hydrogen) atoms. The predicted octanol–water partition coefficient (Wildman–Crippen LogP) is 5.12. The molecule has 0 bridgehead atoms. The number of fused-ring (bicyclic) bond motifs is 2. The Balaban J connectivity index is 1.59. The molecule has 0 saturated carbocycles. The first-order chi connectivity index (χ1) is 14.3. The van der Waals surface area contributed by atoms with Crippen LogP contribution in [0.2, 0.25) is 0 Å². The van der Waals surface area contributed by atoms with Crippen molar-refractivity contribution < 1.29 is 19.1 Å². The summed E-state index contributed by atoms with van der Waals surface area (Å²) >= 11 is 0. The van der Waals surface area contributed by atoms with E-state index in [1.54, 1.807) is 36.4 Å². The van der Waals surface area contributed by atoms with Crippen molar-refractivity contribution in [1.29, 1.82) is 0 Å². The molecule has 0 fully saturated rings. The van der Waals surface area contributed by atoms with Crippen LogP contribution in [0, 0.1) is 0 Å². The third-order valence-electron chi connectivity index (χ3n) is 5.36. The van der Waals surface area contributed by atoms with E-state index in [-0.39, 0.29) is 40.3 Å². The molecule has 1 aliphatic carbocycles. The van der Waals surface area contributed by atoms with Crippen LogP contribution in [0.15, 0.2) is 66.7 Å². The van der Waals surface area contributed by atoms with Gasteiger partial charge in [-0.3, -0.25) is 9.59 Å². The van der Waals surface area contributed by atoms with Gasteiger partial charge in [-0.05, 0) is 22.6 Å². The molecule has 1 aliphatic rings. The van der Waals surface area contributed by atoms with Crippen molar-refractivity contribution >= 4 is 17.5 Å². The van der Waals surface area contributed by atoms with Gasteiger partial charge in [-0.1, -0.05) is 81.4 Å². The second kappa shape index (κ2) is 7.38. The summed E-state index contributed by atoms with van der Waals surface area (Å²) in [5.41, 5.74) is 3.24. The minimum atomic E-state index is -0.618. The van der Waals surface area contributed by atoms with Crippen molar-refractivity contribution in [2.45, 2.75) is 32.8 Å². The molecule has 0 unspecified atom stereocenters. The zero-order valence-corrected chi connectivity index (χ0v) is 17.2. The number of esters is 1. The highest BCUT2D eigenvalue weighted by molar-refractivity contribution is 6.30. The first-order valence-electron chi connectivity index (χ1n) is 9.85. The van der Waals surface area contributed by atoms with Gasteiger partial charge in [0, 0.05) is 22.3 Å². The number of carbonyl (C=O) groups is 3. The van der Waals surface area contributed by atoms with Crippen molar-refractivity contribution in [3.63, 3.8) is 0 Å². The monoisotopic (exact) mass is 398 g/mol. The molecule has 150 valence electrons. The lowest BCUT2D eigenvalue weighted by Gasteiger charge is -2.20. The number of hydrogen-bond acceptors (Lipinski definition) is 4. The van der Waals surface area contributed by atoms with E-state index in [4.69, 9.17) is 4.74 Å². The Bertz CT molecular complexity index is 1160. The zero-order valence-electron chi connectivity index (χ0n) is 17.2. The van der Waals surface area contributed by atoms with Crippen molar-refractivity contribution in [1.82, 2.24) is 0 Å². The molecule has 4 nitrogen and oxygen atoms in total. The highest BCUT2D eigenvalue weighted by Crippen LogP contribution is 2.30. The molecule has 0 atom stereocenters. The Labute approximate surface area is 175 Å². The summed E-state index contributed by atoms with van der Waals surface area (Å²) < 4.78 is 5.47. The van der Waals surface area contributed by atoms with Crippen molar-refractivity contribution in [3.05, 3.63) is 106 Å². The Kier molecular flexibility index (Phi) is 4.86. The van der Waals surface area contributed by atoms with Gasteiger partial charge >= 0.3 is 5.97 Å². The van der Waals surface area contributed by atoms with Gasteiger partial charge in [-0.15, -0.1) is 0 Å². The Morgan fingerprint density at radius 2 is 1.37 bits per heavy atom. The number of ether oxygens (including phenoxy) is 1. The summed E-state index contributed by atoms with van der Waals surface area (Å²) in [7, 11) is 0. The number of carbonyl (C=O) groups excluding carboxylic acids is 3. The van der Waals surface area contributed by atoms with E-state index in [1.165, 1.54) is 11.6 Å². The molecule has 0 heterocycles. The van der Waals surface area contributed by atoms with Gasteiger partial charge in [0.25, 0.3) is 0 Å². The molecule has 4 heteroatoms. The van der Waals surface area contributed by atoms with E-state index in [9.17, 15) is 14.4 Å². The standard InChI is InChI=1S/C26H22O4/c1-26(2,3)17-13-11-16(12-14-17)15-30-25(29)21-10-6-9-20-22(21)24(28)19-8-5-4-7-18(19)23(20)27/h4-14H,15H2,1-3H3. The molecule has 0 radical (unpaired) electrons. The molecule has 0 amide bonds. The van der Waals surface area contributed by atoms with E-state index in [1.807, 2.05) is 24.3 Å². The summed E-state index contributed by atoms with van der Waals surface area (Å²) in [4.78, 5) is 38.6. The highest BCUT2D eigenvalue weighted by Gasteiger charge is 2.33. The van der Waals surface area contributed by atoms with E-state index in [0.29, 0.717) is 11.1 Å². The molecule has 4 rings (SSSR count). The third-order valence-corrected chi connectivity index (χ3v) is 5.36. The number of hydrogen-bond donors (Lipinski definition) is 0. The number of benzene rings is 3. The van der Waals surface area contributed by atoms with Gasteiger partial charge in [0.1, 0.15) is 6.61 Å². The van der Waals surface area contributed by atoms with Crippen LogP contribution in [0.3, 0.4) is 0 Å². The van der Waals surface area contributed by atoms with Crippen LogP contribution in [0.1, 0.15) is 74.1 Å². The van der Waals surface area contributed by atoms with Crippen LogP contribution < -0.4 is 0 Å². The van der Waals surface area contributed by atoms with Gasteiger partial charge in [0.15, 0.2) is 11.6 Å². The van der Waals surface area contributed by atoms with E-state index < -0.39 is 5.97 Å². The van der Waals surface area contributed by atoms with E-state index in [2.05, 4.69) is 20.8 Å². The van der Waals surface area contributed by atoms with Crippen molar-refractivity contribution in [2.75, 3.05) is 0 Å². The molecule has 0 aromatic heterocycles. The van der Waals surface area contributed by atoms with Crippen LogP contribution >= 0.6 is 0 Å². The van der Waals surface area contributed by atoms with Gasteiger partial charge in [-0.25, -0.2) is 4.79 Å². The van der Waals surface area contributed by atoms with E-state index >= 15 is 0 Å². The second-order valence-electron chi connectivity index (χ2n) is 8.46. The average molecular weight is 398 g/mol. The Morgan fingerprint density at radius 1 is 0.767 bits per heavy atom. The minimum Gasteiger partial charge on any atom is -0.457 e. The van der Waals surface area contributed by atoms with Crippen LogP contribution in [-0.4, -0.2) is 17.5 Å². The summed E-state index contributed by atoms with van der Waals surface area (Å²) in [5.74, 6) is -1.21. The normalized spacial score (nSPS) is 12.9. The van der Waals surface area contributed by atoms with Crippen LogP contribution in [0.4, 0.5) is 0 Å². The number of ketones is 2. The van der Waals surface area contributed by atoms with Crippen molar-refractivity contribution in [2.24, 2.45) is 0 Å². The highest BCUT2D eigenvalue weighted by atomic mass is 16.5. The smallest absolute Gasteiger partial charge is 0.339 e. The molecule has 3 aromatic rings. The largest absolute Gasteiger partial charge is 0.457 e. The molecule has 0 spiro atoms. The van der Waals surface area contributed by atoms with Crippen molar-refractivity contribution in [3.8, 4) is 0 Å². The Hall–Kier alpha value is -3.53.